The van der Waals surface area contributed by atoms with Gasteiger partial charge in [-0.2, -0.15) is 0 Å². The summed E-state index contributed by atoms with van der Waals surface area (Å²) in [4.78, 5) is 39.3. The fraction of sp³-hybridized carbons (Fsp3) is 0.310. The fourth-order valence-electron chi connectivity index (χ4n) is 3.89. The Morgan fingerprint density at radius 1 is 1.03 bits per heavy atom. The predicted octanol–water partition coefficient (Wildman–Crippen LogP) is 5.16. The fourth-order valence-corrected chi connectivity index (χ4v) is 4.15. The summed E-state index contributed by atoms with van der Waals surface area (Å²) in [5.74, 6) is -0.168. The molecule has 0 saturated heterocycles. The summed E-state index contributed by atoms with van der Waals surface area (Å²) in [6.45, 7) is 4.29. The molecule has 3 aromatic rings. The van der Waals surface area contributed by atoms with Gasteiger partial charge in [0.15, 0.2) is 6.61 Å². The van der Waals surface area contributed by atoms with Crippen LogP contribution in [0, 0.1) is 16.0 Å². The second-order valence-corrected chi connectivity index (χ2v) is 10.3. The van der Waals surface area contributed by atoms with Crippen molar-refractivity contribution in [1.29, 1.82) is 0 Å². The molecule has 0 bridgehead atoms. The molecule has 0 aliphatic rings. The Labute approximate surface area is 236 Å². The van der Waals surface area contributed by atoms with E-state index in [1.807, 2.05) is 68.4 Å². The summed E-state index contributed by atoms with van der Waals surface area (Å²) >= 11 is 3.43. The summed E-state index contributed by atoms with van der Waals surface area (Å²) in [5, 5.41) is 14.2. The molecule has 0 aliphatic heterocycles. The third kappa shape index (κ3) is 8.81. The Hall–Kier alpha value is -3.92. The first-order valence-corrected chi connectivity index (χ1v) is 13.3. The van der Waals surface area contributed by atoms with Gasteiger partial charge in [0.05, 0.1) is 12.0 Å². The van der Waals surface area contributed by atoms with E-state index in [-0.39, 0.29) is 42.2 Å². The molecule has 10 heteroatoms. The second-order valence-electron chi connectivity index (χ2n) is 9.37. The number of hydrogen-bond acceptors (Lipinski definition) is 6. The number of amides is 2. The molecule has 3 rings (SSSR count). The van der Waals surface area contributed by atoms with Crippen LogP contribution in [0.2, 0.25) is 0 Å². The molecule has 0 saturated carbocycles. The minimum Gasteiger partial charge on any atom is -0.490 e. The lowest BCUT2D eigenvalue weighted by Gasteiger charge is -2.31. The van der Waals surface area contributed by atoms with Crippen LogP contribution in [-0.2, 0) is 22.6 Å². The third-order valence-electron chi connectivity index (χ3n) is 5.93. The Morgan fingerprint density at radius 2 is 1.72 bits per heavy atom. The SMILES string of the molecule is COc1cc(OCC(=O)N(Cc2ccc(Br)cc2)[C@H](Cc2ccccc2)C(=O)NCC(C)C)ccc1[N+](=O)[O-]. The lowest BCUT2D eigenvalue weighted by Crippen LogP contribution is -2.52. The molecule has 39 heavy (non-hydrogen) atoms. The number of benzene rings is 3. The van der Waals surface area contributed by atoms with Gasteiger partial charge >= 0.3 is 5.69 Å². The number of nitro groups is 1. The highest BCUT2D eigenvalue weighted by Gasteiger charge is 2.31. The molecule has 206 valence electrons. The van der Waals surface area contributed by atoms with Crippen molar-refractivity contribution in [3.63, 3.8) is 0 Å². The molecule has 0 unspecified atom stereocenters. The normalized spacial score (nSPS) is 11.5. The smallest absolute Gasteiger partial charge is 0.311 e. The summed E-state index contributed by atoms with van der Waals surface area (Å²) in [5.41, 5.74) is 1.55. The first kappa shape index (κ1) is 29.6. The van der Waals surface area contributed by atoms with E-state index in [0.29, 0.717) is 13.0 Å². The number of nitro benzene ring substituents is 1. The number of hydrogen-bond donors (Lipinski definition) is 1. The van der Waals surface area contributed by atoms with Gasteiger partial charge in [-0.05, 0) is 35.2 Å². The highest BCUT2D eigenvalue weighted by Crippen LogP contribution is 2.31. The van der Waals surface area contributed by atoms with Gasteiger partial charge in [-0.1, -0.05) is 72.2 Å². The Morgan fingerprint density at radius 3 is 2.33 bits per heavy atom. The van der Waals surface area contributed by atoms with Gasteiger partial charge in [0.2, 0.25) is 11.7 Å². The maximum absolute atomic E-state index is 13.7. The monoisotopic (exact) mass is 597 g/mol. The molecule has 0 spiro atoms. The summed E-state index contributed by atoms with van der Waals surface area (Å²) in [7, 11) is 1.32. The van der Waals surface area contributed by atoms with Gasteiger partial charge in [-0.15, -0.1) is 0 Å². The molecule has 0 heterocycles. The van der Waals surface area contributed by atoms with E-state index in [9.17, 15) is 19.7 Å². The van der Waals surface area contributed by atoms with Crippen molar-refractivity contribution in [3.05, 3.63) is 98.5 Å². The molecule has 3 aromatic carbocycles. The van der Waals surface area contributed by atoms with Crippen LogP contribution in [0.5, 0.6) is 11.5 Å². The van der Waals surface area contributed by atoms with Gasteiger partial charge < -0.3 is 19.7 Å². The van der Waals surface area contributed by atoms with E-state index < -0.39 is 16.9 Å². The van der Waals surface area contributed by atoms with Crippen LogP contribution in [0.4, 0.5) is 5.69 Å². The van der Waals surface area contributed by atoms with Gasteiger partial charge in [-0.25, -0.2) is 0 Å². The summed E-state index contributed by atoms with van der Waals surface area (Å²) in [6.07, 6.45) is 0.318. The van der Waals surface area contributed by atoms with Crippen LogP contribution in [0.1, 0.15) is 25.0 Å². The number of carbonyl (C=O) groups is 2. The zero-order valence-corrected chi connectivity index (χ0v) is 23.7. The number of methoxy groups -OCH3 is 1. The molecule has 0 aromatic heterocycles. The highest BCUT2D eigenvalue weighted by atomic mass is 79.9. The molecular weight excluding hydrogens is 566 g/mol. The Bertz CT molecular complexity index is 1270. The van der Waals surface area contributed by atoms with Crippen LogP contribution in [0.15, 0.2) is 77.3 Å². The molecule has 1 atom stereocenters. The molecule has 1 N–H and O–H groups in total. The van der Waals surface area contributed by atoms with Gasteiger partial charge in [0.25, 0.3) is 5.91 Å². The van der Waals surface area contributed by atoms with E-state index in [1.165, 1.54) is 30.2 Å². The maximum Gasteiger partial charge on any atom is 0.311 e. The number of ether oxygens (including phenoxy) is 2. The van der Waals surface area contributed by atoms with Crippen LogP contribution < -0.4 is 14.8 Å². The van der Waals surface area contributed by atoms with E-state index >= 15 is 0 Å². The van der Waals surface area contributed by atoms with Crippen molar-refractivity contribution in [1.82, 2.24) is 10.2 Å². The summed E-state index contributed by atoms with van der Waals surface area (Å²) < 4.78 is 11.7. The average molecular weight is 598 g/mol. The first-order valence-electron chi connectivity index (χ1n) is 12.5. The minimum absolute atomic E-state index is 0.0201. The van der Waals surface area contributed by atoms with Crippen LogP contribution in [-0.4, -0.2) is 47.9 Å². The number of halogens is 1. The van der Waals surface area contributed by atoms with Crippen molar-refractivity contribution in [2.45, 2.75) is 32.9 Å². The number of carbonyl (C=O) groups excluding carboxylic acids is 2. The first-order chi connectivity index (χ1) is 18.7. The topological polar surface area (TPSA) is 111 Å². The maximum atomic E-state index is 13.7. The molecule has 0 fully saturated rings. The minimum atomic E-state index is -0.794. The second kappa shape index (κ2) is 14.3. The number of nitrogens with one attached hydrogen (secondary N) is 1. The standard InChI is InChI=1S/C29H32BrN3O6/c1-20(2)17-31-29(35)26(15-21-7-5-4-6-8-21)32(18-22-9-11-23(30)12-10-22)28(34)19-39-24-13-14-25(33(36)37)27(16-24)38-3/h4-14,16,20,26H,15,17-19H2,1-3H3,(H,31,35)/t26-/m1/s1. The van der Waals surface area contributed by atoms with Gasteiger partial charge in [0, 0.05) is 36.1 Å². The molecule has 9 nitrogen and oxygen atoms in total. The third-order valence-corrected chi connectivity index (χ3v) is 6.46. The van der Waals surface area contributed by atoms with Crippen LogP contribution >= 0.6 is 15.9 Å². The van der Waals surface area contributed by atoms with Crippen molar-refractivity contribution >= 4 is 33.4 Å². The largest absolute Gasteiger partial charge is 0.490 e. The van der Waals surface area contributed by atoms with Crippen molar-refractivity contribution < 1.29 is 24.0 Å². The van der Waals surface area contributed by atoms with Crippen LogP contribution in [0.3, 0.4) is 0 Å². The van der Waals surface area contributed by atoms with Crippen molar-refractivity contribution in [3.8, 4) is 11.5 Å². The van der Waals surface area contributed by atoms with Crippen molar-refractivity contribution in [2.24, 2.45) is 5.92 Å². The predicted molar refractivity (Wildman–Crippen MR) is 152 cm³/mol. The quantitative estimate of drug-likeness (QED) is 0.215. The van der Waals surface area contributed by atoms with Crippen molar-refractivity contribution in [2.75, 3.05) is 20.3 Å². The Kier molecular flexibility index (Phi) is 10.9. The molecule has 0 aliphatic carbocycles. The zero-order valence-electron chi connectivity index (χ0n) is 22.1. The summed E-state index contributed by atoms with van der Waals surface area (Å²) in [6, 6.07) is 20.3. The lowest BCUT2D eigenvalue weighted by atomic mass is 10.0. The highest BCUT2D eigenvalue weighted by molar-refractivity contribution is 9.10. The van der Waals surface area contributed by atoms with E-state index in [1.54, 1.807) is 0 Å². The Balaban J connectivity index is 1.90. The van der Waals surface area contributed by atoms with E-state index in [4.69, 9.17) is 9.47 Å². The number of rotatable bonds is 13. The molecule has 0 radical (unpaired) electrons. The van der Waals surface area contributed by atoms with E-state index in [2.05, 4.69) is 21.2 Å². The average Bonchev–Trinajstić information content (AvgIpc) is 2.93. The number of nitrogens with zero attached hydrogens (tertiary/aromatic N) is 2. The molecule has 2 amide bonds. The van der Waals surface area contributed by atoms with Gasteiger partial charge in [0.1, 0.15) is 11.8 Å². The van der Waals surface area contributed by atoms with Gasteiger partial charge in [-0.3, -0.25) is 19.7 Å². The lowest BCUT2D eigenvalue weighted by molar-refractivity contribution is -0.385. The van der Waals surface area contributed by atoms with Crippen LogP contribution in [0.25, 0.3) is 0 Å². The molecular formula is C29H32BrN3O6. The van der Waals surface area contributed by atoms with E-state index in [0.717, 1.165) is 15.6 Å². The zero-order chi connectivity index (χ0) is 28.4.